The van der Waals surface area contributed by atoms with E-state index in [1.807, 2.05) is 54.6 Å². The van der Waals surface area contributed by atoms with Crippen LogP contribution >= 0.6 is 11.8 Å². The van der Waals surface area contributed by atoms with E-state index in [1.54, 1.807) is 7.11 Å². The lowest BCUT2D eigenvalue weighted by atomic mass is 9.87. The first-order valence-corrected chi connectivity index (χ1v) is 9.58. The third-order valence-electron chi connectivity index (χ3n) is 4.22. The van der Waals surface area contributed by atoms with Gasteiger partial charge in [-0.25, -0.2) is 0 Å². The van der Waals surface area contributed by atoms with Crippen molar-refractivity contribution in [1.29, 1.82) is 5.26 Å². The van der Waals surface area contributed by atoms with E-state index in [0.717, 1.165) is 17.1 Å². The van der Waals surface area contributed by atoms with Crippen LogP contribution in [0.3, 0.4) is 0 Å². The molecule has 3 rings (SSSR count). The largest absolute Gasteiger partial charge is 0.497 e. The van der Waals surface area contributed by atoms with Crippen LogP contribution in [0.25, 0.3) is 0 Å². The zero-order valence-electron chi connectivity index (χ0n) is 15.0. The number of para-hydroxylation sites is 1. The number of rotatable bonds is 7. The van der Waals surface area contributed by atoms with Gasteiger partial charge in [-0.2, -0.15) is 5.26 Å². The van der Waals surface area contributed by atoms with Crippen LogP contribution < -0.4 is 14.8 Å². The molecule has 6 heteroatoms. The zero-order chi connectivity index (χ0) is 19.1. The highest BCUT2D eigenvalue weighted by molar-refractivity contribution is 8.03. The Morgan fingerprint density at radius 2 is 1.89 bits per heavy atom. The molecule has 1 aliphatic heterocycles. The molecule has 0 aromatic heterocycles. The first kappa shape index (κ1) is 18.9. The number of nitriles is 1. The topological polar surface area (TPSA) is 71.3 Å². The average molecular weight is 380 g/mol. The van der Waals surface area contributed by atoms with Crippen LogP contribution in [-0.2, 0) is 4.79 Å². The monoisotopic (exact) mass is 380 g/mol. The lowest BCUT2D eigenvalue weighted by Crippen LogP contribution is -2.31. The molecule has 0 spiro atoms. The summed E-state index contributed by atoms with van der Waals surface area (Å²) in [5.41, 5.74) is 1.52. The highest BCUT2D eigenvalue weighted by atomic mass is 32.2. The predicted molar refractivity (Wildman–Crippen MR) is 106 cm³/mol. The fourth-order valence-electron chi connectivity index (χ4n) is 2.87. The Morgan fingerprint density at radius 1 is 1.15 bits per heavy atom. The van der Waals surface area contributed by atoms with E-state index in [-0.39, 0.29) is 18.2 Å². The minimum atomic E-state index is -0.243. The summed E-state index contributed by atoms with van der Waals surface area (Å²) >= 11 is 1.43. The normalized spacial score (nSPS) is 16.4. The average Bonchev–Trinajstić information content (AvgIpc) is 2.71. The van der Waals surface area contributed by atoms with Gasteiger partial charge in [0.15, 0.2) is 0 Å². The van der Waals surface area contributed by atoms with E-state index in [9.17, 15) is 10.1 Å². The van der Waals surface area contributed by atoms with Crippen molar-refractivity contribution < 1.29 is 14.3 Å². The molecule has 5 nitrogen and oxygen atoms in total. The third kappa shape index (κ3) is 4.83. The Hall–Kier alpha value is -2.91. The van der Waals surface area contributed by atoms with Crippen molar-refractivity contribution in [1.82, 2.24) is 5.32 Å². The number of ether oxygens (including phenoxy) is 2. The summed E-state index contributed by atoms with van der Waals surface area (Å²) in [7, 11) is 1.61. The predicted octanol–water partition coefficient (Wildman–Crippen LogP) is 3.85. The van der Waals surface area contributed by atoms with Gasteiger partial charge in [-0.1, -0.05) is 30.3 Å². The van der Waals surface area contributed by atoms with Crippen LogP contribution in [0, 0.1) is 11.3 Å². The first-order chi connectivity index (χ1) is 13.2. The van der Waals surface area contributed by atoms with Gasteiger partial charge in [0.25, 0.3) is 0 Å². The van der Waals surface area contributed by atoms with Crippen molar-refractivity contribution in [3.63, 3.8) is 0 Å². The number of thioether (sulfide) groups is 1. The molecule has 0 radical (unpaired) electrons. The molecule has 27 heavy (non-hydrogen) atoms. The van der Waals surface area contributed by atoms with Gasteiger partial charge in [0, 0.05) is 18.1 Å². The van der Waals surface area contributed by atoms with Gasteiger partial charge >= 0.3 is 0 Å². The summed E-state index contributed by atoms with van der Waals surface area (Å²) in [5, 5.41) is 13.1. The fraction of sp³-hybridized carbons (Fsp3) is 0.238. The second-order valence-electron chi connectivity index (χ2n) is 5.94. The summed E-state index contributed by atoms with van der Waals surface area (Å²) in [5.74, 6) is 1.85. The summed E-state index contributed by atoms with van der Waals surface area (Å²) in [4.78, 5) is 12.2. The zero-order valence-corrected chi connectivity index (χ0v) is 15.8. The molecule has 1 N–H and O–H groups in total. The van der Waals surface area contributed by atoms with Gasteiger partial charge in [-0.3, -0.25) is 4.79 Å². The Kier molecular flexibility index (Phi) is 6.39. The second-order valence-corrected chi connectivity index (χ2v) is 7.05. The van der Waals surface area contributed by atoms with Crippen molar-refractivity contribution in [3.8, 4) is 17.6 Å². The second kappa shape index (κ2) is 9.15. The van der Waals surface area contributed by atoms with Gasteiger partial charge in [-0.05, 0) is 29.8 Å². The lowest BCUT2D eigenvalue weighted by molar-refractivity contribution is -0.120. The Balaban J connectivity index is 1.70. The molecule has 138 valence electrons. The number of nitrogens with zero attached hydrogens (tertiary/aromatic N) is 1. The highest BCUT2D eigenvalue weighted by Crippen LogP contribution is 2.36. The number of hydrogen-bond donors (Lipinski definition) is 1. The quantitative estimate of drug-likeness (QED) is 0.739. The maximum Gasteiger partial charge on any atom is 0.225 e. The van der Waals surface area contributed by atoms with Crippen LogP contribution in [0.4, 0.5) is 0 Å². The Bertz CT molecular complexity index is 857. The number of amides is 1. The van der Waals surface area contributed by atoms with Gasteiger partial charge < -0.3 is 14.8 Å². The van der Waals surface area contributed by atoms with Gasteiger partial charge in [0.05, 0.1) is 30.4 Å². The molecule has 1 amide bonds. The molecule has 1 aliphatic rings. The molecule has 0 saturated carbocycles. The molecule has 0 unspecified atom stereocenters. The molecule has 0 bridgehead atoms. The first-order valence-electron chi connectivity index (χ1n) is 8.60. The van der Waals surface area contributed by atoms with Crippen LogP contribution in [0.2, 0.25) is 0 Å². The SMILES string of the molecule is COc1ccc([C@H]2CC(=O)NC(SCCOc3ccccc3)=C2C#N)cc1. The molecule has 0 fully saturated rings. The van der Waals surface area contributed by atoms with Crippen molar-refractivity contribution >= 4 is 17.7 Å². The Labute approximate surface area is 163 Å². The maximum absolute atomic E-state index is 12.2. The standard InChI is InChI=1S/C21H20N2O3S/c1-25-16-9-7-15(8-10-16)18-13-20(24)23-21(19(18)14-22)27-12-11-26-17-5-3-2-4-6-17/h2-10,18H,11-13H2,1H3,(H,23,24)/t18-/m1/s1. The molecule has 0 aliphatic carbocycles. The third-order valence-corrected chi connectivity index (χ3v) is 5.20. The molecular formula is C21H20N2O3S. The molecular weight excluding hydrogens is 360 g/mol. The van der Waals surface area contributed by atoms with Gasteiger partial charge in [-0.15, -0.1) is 11.8 Å². The van der Waals surface area contributed by atoms with Crippen molar-refractivity contribution in [2.24, 2.45) is 0 Å². The van der Waals surface area contributed by atoms with E-state index in [1.165, 1.54) is 11.8 Å². The smallest absolute Gasteiger partial charge is 0.225 e. The van der Waals surface area contributed by atoms with Crippen molar-refractivity contribution in [2.45, 2.75) is 12.3 Å². The number of allylic oxidation sites excluding steroid dienone is 1. The summed E-state index contributed by atoms with van der Waals surface area (Å²) in [6.07, 6.45) is 0.264. The summed E-state index contributed by atoms with van der Waals surface area (Å²) < 4.78 is 10.9. The lowest BCUT2D eigenvalue weighted by Gasteiger charge is -2.25. The number of carbonyl (C=O) groups is 1. The van der Waals surface area contributed by atoms with Crippen LogP contribution in [0.1, 0.15) is 17.9 Å². The van der Waals surface area contributed by atoms with E-state index >= 15 is 0 Å². The highest BCUT2D eigenvalue weighted by Gasteiger charge is 2.29. The fourth-order valence-corrected chi connectivity index (χ4v) is 3.77. The van der Waals surface area contributed by atoms with Crippen LogP contribution in [0.5, 0.6) is 11.5 Å². The number of benzene rings is 2. The molecule has 1 atom stereocenters. The van der Waals surface area contributed by atoms with E-state index in [0.29, 0.717) is 23.0 Å². The summed E-state index contributed by atoms with van der Waals surface area (Å²) in [6.45, 7) is 0.486. The molecule has 1 heterocycles. The minimum Gasteiger partial charge on any atom is -0.497 e. The van der Waals surface area contributed by atoms with Gasteiger partial charge in [0.1, 0.15) is 11.5 Å². The van der Waals surface area contributed by atoms with E-state index in [4.69, 9.17) is 9.47 Å². The number of carbonyl (C=O) groups excluding carboxylic acids is 1. The van der Waals surface area contributed by atoms with Crippen molar-refractivity contribution in [2.75, 3.05) is 19.5 Å². The van der Waals surface area contributed by atoms with E-state index in [2.05, 4.69) is 11.4 Å². The van der Waals surface area contributed by atoms with Gasteiger partial charge in [0.2, 0.25) is 5.91 Å². The molecule has 2 aromatic rings. The molecule has 2 aromatic carbocycles. The Morgan fingerprint density at radius 3 is 2.56 bits per heavy atom. The minimum absolute atomic E-state index is 0.0821. The number of hydrogen-bond acceptors (Lipinski definition) is 5. The van der Waals surface area contributed by atoms with E-state index < -0.39 is 0 Å². The number of methoxy groups -OCH3 is 1. The van der Waals surface area contributed by atoms with Crippen molar-refractivity contribution in [3.05, 3.63) is 70.8 Å². The molecule has 0 saturated heterocycles. The van der Waals surface area contributed by atoms with Crippen LogP contribution in [-0.4, -0.2) is 25.4 Å². The number of nitrogens with one attached hydrogen (secondary N) is 1. The maximum atomic E-state index is 12.2. The summed E-state index contributed by atoms with van der Waals surface area (Å²) in [6, 6.07) is 19.3. The van der Waals surface area contributed by atoms with Crippen LogP contribution in [0.15, 0.2) is 65.2 Å².